The van der Waals surface area contributed by atoms with E-state index in [0.29, 0.717) is 12.1 Å². The molecule has 0 aliphatic carbocycles. The van der Waals surface area contributed by atoms with Crippen LogP contribution < -0.4 is 5.48 Å². The summed E-state index contributed by atoms with van der Waals surface area (Å²) in [5.74, 6) is -0.175. The summed E-state index contributed by atoms with van der Waals surface area (Å²) < 4.78 is 0. The highest BCUT2D eigenvalue weighted by Gasteiger charge is 2.08. The van der Waals surface area contributed by atoms with E-state index in [2.05, 4.69) is 0 Å². The van der Waals surface area contributed by atoms with Gasteiger partial charge in [-0.25, -0.2) is 5.48 Å². The number of nitrogens with zero attached hydrogens (tertiary/aromatic N) is 2. The highest BCUT2D eigenvalue weighted by molar-refractivity contribution is 5.75. The molecule has 0 unspecified atom stereocenters. The molecule has 1 rings (SSSR count). The van der Waals surface area contributed by atoms with Gasteiger partial charge in [0.2, 0.25) is 5.96 Å². The monoisotopic (exact) mass is 224 g/mol. The number of non-ortho nitro benzene ring substituents is 1. The average Bonchev–Trinajstić information content (AvgIpc) is 2.28. The third-order valence-electron chi connectivity index (χ3n) is 2.03. The fraction of sp³-hybridized carbons (Fsp3) is 0.222. The minimum atomic E-state index is -0.473. The van der Waals surface area contributed by atoms with Crippen LogP contribution in [0.2, 0.25) is 0 Å². The van der Waals surface area contributed by atoms with E-state index in [0.717, 1.165) is 0 Å². The molecule has 16 heavy (non-hydrogen) atoms. The standard InChI is InChI=1S/C9H12N4O3/c1-12(9(10)11-14)6-7-3-2-4-8(5-7)13(15)16/h2-5,14H,6H2,1H3,(H2,10,11). The van der Waals surface area contributed by atoms with Crippen LogP contribution in [0.3, 0.4) is 0 Å². The van der Waals surface area contributed by atoms with Crippen molar-refractivity contribution in [1.29, 1.82) is 5.41 Å². The molecule has 0 radical (unpaired) electrons. The van der Waals surface area contributed by atoms with Crippen molar-refractivity contribution in [3.63, 3.8) is 0 Å². The predicted molar refractivity (Wildman–Crippen MR) is 57.2 cm³/mol. The number of nitrogens with one attached hydrogen (secondary N) is 2. The first kappa shape index (κ1) is 11.9. The van der Waals surface area contributed by atoms with Gasteiger partial charge in [-0.1, -0.05) is 12.1 Å². The van der Waals surface area contributed by atoms with Gasteiger partial charge in [0.1, 0.15) is 0 Å². The lowest BCUT2D eigenvalue weighted by molar-refractivity contribution is -0.384. The lowest BCUT2D eigenvalue weighted by Crippen LogP contribution is -2.35. The van der Waals surface area contributed by atoms with Gasteiger partial charge in [-0.2, -0.15) is 0 Å². The summed E-state index contributed by atoms with van der Waals surface area (Å²) >= 11 is 0. The zero-order chi connectivity index (χ0) is 12.1. The number of benzene rings is 1. The third kappa shape index (κ3) is 2.92. The number of nitro benzene ring substituents is 1. The number of guanidine groups is 1. The first-order valence-corrected chi connectivity index (χ1v) is 4.47. The van der Waals surface area contributed by atoms with E-state index >= 15 is 0 Å². The molecule has 0 aromatic heterocycles. The molecular weight excluding hydrogens is 212 g/mol. The molecule has 7 nitrogen and oxygen atoms in total. The summed E-state index contributed by atoms with van der Waals surface area (Å²) in [6, 6.07) is 6.13. The molecule has 0 atom stereocenters. The Balaban J connectivity index is 2.78. The van der Waals surface area contributed by atoms with Crippen LogP contribution in [0.5, 0.6) is 0 Å². The molecular formula is C9H12N4O3. The van der Waals surface area contributed by atoms with Crippen molar-refractivity contribution in [2.24, 2.45) is 0 Å². The minimum Gasteiger partial charge on any atom is -0.340 e. The lowest BCUT2D eigenvalue weighted by Gasteiger charge is -2.18. The molecule has 0 fully saturated rings. The van der Waals surface area contributed by atoms with Crippen LogP contribution in [0.15, 0.2) is 24.3 Å². The Morgan fingerprint density at radius 2 is 2.38 bits per heavy atom. The highest BCUT2D eigenvalue weighted by Crippen LogP contribution is 2.14. The summed E-state index contributed by atoms with van der Waals surface area (Å²) in [4.78, 5) is 11.5. The minimum absolute atomic E-state index is 0.00869. The SMILES string of the molecule is CN(Cc1cccc([N+](=O)[O-])c1)C(=N)NO. The van der Waals surface area contributed by atoms with Gasteiger partial charge in [0.25, 0.3) is 5.69 Å². The Kier molecular flexibility index (Phi) is 3.78. The summed E-state index contributed by atoms with van der Waals surface area (Å²) in [6.07, 6.45) is 0. The van der Waals surface area contributed by atoms with Gasteiger partial charge in [-0.3, -0.25) is 20.7 Å². The van der Waals surface area contributed by atoms with Crippen molar-refractivity contribution >= 4 is 11.6 Å². The van der Waals surface area contributed by atoms with Crippen molar-refractivity contribution in [2.75, 3.05) is 7.05 Å². The molecule has 7 heteroatoms. The molecule has 1 aromatic rings. The maximum absolute atomic E-state index is 10.5. The fourth-order valence-corrected chi connectivity index (χ4v) is 1.21. The lowest BCUT2D eigenvalue weighted by atomic mass is 10.2. The largest absolute Gasteiger partial charge is 0.340 e. The molecule has 0 bridgehead atoms. The van der Waals surface area contributed by atoms with Crippen LogP contribution in [-0.2, 0) is 6.54 Å². The number of hydrogen-bond donors (Lipinski definition) is 3. The Bertz CT molecular complexity index is 407. The Labute approximate surface area is 91.9 Å². The number of hydroxylamine groups is 1. The summed E-state index contributed by atoms with van der Waals surface area (Å²) in [7, 11) is 1.59. The van der Waals surface area contributed by atoms with Crippen molar-refractivity contribution < 1.29 is 10.1 Å². The van der Waals surface area contributed by atoms with Gasteiger partial charge in [0.05, 0.1) is 4.92 Å². The number of rotatable bonds is 3. The van der Waals surface area contributed by atoms with Crippen molar-refractivity contribution in [1.82, 2.24) is 10.4 Å². The quantitative estimate of drug-likeness (QED) is 0.307. The van der Waals surface area contributed by atoms with E-state index in [1.807, 2.05) is 0 Å². The number of nitro groups is 1. The normalized spacial score (nSPS) is 9.62. The first-order valence-electron chi connectivity index (χ1n) is 4.47. The van der Waals surface area contributed by atoms with Crippen LogP contribution in [0.25, 0.3) is 0 Å². The summed E-state index contributed by atoms with van der Waals surface area (Å²) in [5, 5.41) is 26.3. The van der Waals surface area contributed by atoms with E-state index in [1.165, 1.54) is 17.0 Å². The van der Waals surface area contributed by atoms with Crippen molar-refractivity contribution in [2.45, 2.75) is 6.54 Å². The predicted octanol–water partition coefficient (Wildman–Crippen LogP) is 0.940. The molecule has 0 saturated heterocycles. The van der Waals surface area contributed by atoms with Crippen LogP contribution in [-0.4, -0.2) is 28.0 Å². The molecule has 0 amide bonds. The third-order valence-corrected chi connectivity index (χ3v) is 2.03. The van der Waals surface area contributed by atoms with E-state index < -0.39 is 4.92 Å². The van der Waals surface area contributed by atoms with E-state index in [1.54, 1.807) is 24.7 Å². The van der Waals surface area contributed by atoms with Gasteiger partial charge in [-0.15, -0.1) is 0 Å². The van der Waals surface area contributed by atoms with E-state index in [4.69, 9.17) is 10.6 Å². The molecule has 3 N–H and O–H groups in total. The molecule has 0 spiro atoms. The molecule has 0 aliphatic rings. The van der Waals surface area contributed by atoms with Gasteiger partial charge < -0.3 is 4.90 Å². The zero-order valence-electron chi connectivity index (χ0n) is 8.67. The highest BCUT2D eigenvalue weighted by atomic mass is 16.6. The Morgan fingerprint density at radius 3 is 2.94 bits per heavy atom. The second kappa shape index (κ2) is 5.08. The molecule has 0 saturated carbocycles. The Hall–Kier alpha value is -2.15. The van der Waals surface area contributed by atoms with Crippen LogP contribution in [0, 0.1) is 15.5 Å². The molecule has 86 valence electrons. The molecule has 0 aliphatic heterocycles. The maximum atomic E-state index is 10.5. The van der Waals surface area contributed by atoms with E-state index in [-0.39, 0.29) is 11.6 Å². The van der Waals surface area contributed by atoms with Crippen LogP contribution in [0.4, 0.5) is 5.69 Å². The fourth-order valence-electron chi connectivity index (χ4n) is 1.21. The van der Waals surface area contributed by atoms with Gasteiger partial charge in [0, 0.05) is 25.7 Å². The summed E-state index contributed by atoms with van der Waals surface area (Å²) in [6.45, 7) is 0.300. The average molecular weight is 224 g/mol. The van der Waals surface area contributed by atoms with Gasteiger partial charge in [0.15, 0.2) is 0 Å². The summed E-state index contributed by atoms with van der Waals surface area (Å²) in [5.41, 5.74) is 2.40. The van der Waals surface area contributed by atoms with Crippen molar-refractivity contribution in [3.05, 3.63) is 39.9 Å². The van der Waals surface area contributed by atoms with Crippen LogP contribution >= 0.6 is 0 Å². The zero-order valence-corrected chi connectivity index (χ0v) is 8.67. The smallest absolute Gasteiger partial charge is 0.269 e. The molecule has 1 aromatic carbocycles. The molecule has 0 heterocycles. The topological polar surface area (TPSA) is 102 Å². The van der Waals surface area contributed by atoms with Gasteiger partial charge >= 0.3 is 0 Å². The van der Waals surface area contributed by atoms with Gasteiger partial charge in [-0.05, 0) is 5.56 Å². The second-order valence-electron chi connectivity index (χ2n) is 3.24. The van der Waals surface area contributed by atoms with Crippen LogP contribution in [0.1, 0.15) is 5.56 Å². The van der Waals surface area contributed by atoms with Crippen molar-refractivity contribution in [3.8, 4) is 0 Å². The maximum Gasteiger partial charge on any atom is 0.269 e. The number of hydrogen-bond acceptors (Lipinski definition) is 4. The Morgan fingerprint density at radius 1 is 1.69 bits per heavy atom. The van der Waals surface area contributed by atoms with E-state index in [9.17, 15) is 10.1 Å². The second-order valence-corrected chi connectivity index (χ2v) is 3.24. The first-order chi connectivity index (χ1) is 7.54.